The Hall–Kier alpha value is -0.390. The Morgan fingerprint density at radius 2 is 1.69 bits per heavy atom. The lowest BCUT2D eigenvalue weighted by Gasteiger charge is -2.23. The maximum Gasteiger partial charge on any atom is 0.420 e. The summed E-state index contributed by atoms with van der Waals surface area (Å²) in [7, 11) is 0. The standard InChI is InChI=1S/C7H11F5O/c1-3-4(2)13-5(6(8)9)7(10,11)12/h4-6H,3H2,1-2H3. The molecule has 2 atom stereocenters. The van der Waals surface area contributed by atoms with Gasteiger partial charge in [-0.05, 0) is 13.3 Å². The summed E-state index contributed by atoms with van der Waals surface area (Å²) in [5, 5.41) is 0. The van der Waals surface area contributed by atoms with Gasteiger partial charge in [0.25, 0.3) is 6.43 Å². The van der Waals surface area contributed by atoms with E-state index < -0.39 is 24.8 Å². The molecule has 0 spiro atoms. The quantitative estimate of drug-likeness (QED) is 0.642. The smallest absolute Gasteiger partial charge is 0.360 e. The summed E-state index contributed by atoms with van der Waals surface area (Å²) in [6.07, 6.45) is -12.1. The number of alkyl halides is 5. The molecule has 0 rings (SSSR count). The van der Waals surface area contributed by atoms with Gasteiger partial charge >= 0.3 is 6.18 Å². The van der Waals surface area contributed by atoms with E-state index in [0.29, 0.717) is 0 Å². The Kier molecular flexibility index (Phi) is 4.60. The fourth-order valence-corrected chi connectivity index (χ4v) is 0.626. The second-order valence-corrected chi connectivity index (χ2v) is 2.65. The summed E-state index contributed by atoms with van der Waals surface area (Å²) >= 11 is 0. The van der Waals surface area contributed by atoms with E-state index >= 15 is 0 Å². The molecule has 0 saturated carbocycles. The van der Waals surface area contributed by atoms with Crippen molar-refractivity contribution in [3.63, 3.8) is 0 Å². The lowest BCUT2D eigenvalue weighted by molar-refractivity contribution is -0.263. The van der Waals surface area contributed by atoms with Gasteiger partial charge in [-0.25, -0.2) is 8.78 Å². The normalized spacial score (nSPS) is 17.5. The molecule has 1 nitrogen and oxygen atoms in total. The van der Waals surface area contributed by atoms with Gasteiger partial charge in [0.15, 0.2) is 0 Å². The van der Waals surface area contributed by atoms with E-state index in [9.17, 15) is 22.0 Å². The van der Waals surface area contributed by atoms with Crippen LogP contribution in [-0.4, -0.2) is 24.8 Å². The predicted octanol–water partition coefficient (Wildman–Crippen LogP) is 3.00. The van der Waals surface area contributed by atoms with E-state index in [2.05, 4.69) is 4.74 Å². The van der Waals surface area contributed by atoms with Crippen molar-refractivity contribution in [2.75, 3.05) is 0 Å². The van der Waals surface area contributed by atoms with Gasteiger partial charge in [0.05, 0.1) is 6.10 Å². The highest BCUT2D eigenvalue weighted by molar-refractivity contribution is 4.71. The van der Waals surface area contributed by atoms with Crippen LogP contribution in [0.1, 0.15) is 20.3 Å². The van der Waals surface area contributed by atoms with Crippen molar-refractivity contribution >= 4 is 0 Å². The number of rotatable bonds is 4. The lowest BCUT2D eigenvalue weighted by atomic mass is 10.3. The van der Waals surface area contributed by atoms with Crippen molar-refractivity contribution in [3.8, 4) is 0 Å². The van der Waals surface area contributed by atoms with E-state index in [1.54, 1.807) is 6.92 Å². The van der Waals surface area contributed by atoms with Gasteiger partial charge in [-0.15, -0.1) is 0 Å². The van der Waals surface area contributed by atoms with Gasteiger partial charge < -0.3 is 4.74 Å². The zero-order chi connectivity index (χ0) is 10.6. The summed E-state index contributed by atoms with van der Waals surface area (Å²) in [6.45, 7) is 2.88. The highest BCUT2D eigenvalue weighted by atomic mass is 19.4. The van der Waals surface area contributed by atoms with Crippen molar-refractivity contribution in [1.29, 1.82) is 0 Å². The van der Waals surface area contributed by atoms with Gasteiger partial charge in [-0.1, -0.05) is 6.92 Å². The molecule has 2 unspecified atom stereocenters. The van der Waals surface area contributed by atoms with Gasteiger partial charge in [0.1, 0.15) is 0 Å². The van der Waals surface area contributed by atoms with E-state index in [1.165, 1.54) is 6.92 Å². The molecule has 0 radical (unpaired) electrons. The molecule has 0 amide bonds. The van der Waals surface area contributed by atoms with Crippen LogP contribution in [0.15, 0.2) is 0 Å². The molecule has 0 fully saturated rings. The Morgan fingerprint density at radius 3 is 1.92 bits per heavy atom. The molecule has 0 saturated heterocycles. The molecule has 0 bridgehead atoms. The minimum Gasteiger partial charge on any atom is -0.360 e. The number of hydrogen-bond acceptors (Lipinski definition) is 1. The third-order valence-corrected chi connectivity index (χ3v) is 1.51. The number of ether oxygens (including phenoxy) is 1. The summed E-state index contributed by atoms with van der Waals surface area (Å²) in [5.74, 6) is 0. The second-order valence-electron chi connectivity index (χ2n) is 2.65. The van der Waals surface area contributed by atoms with Crippen LogP contribution in [0.5, 0.6) is 0 Å². The van der Waals surface area contributed by atoms with E-state index in [-0.39, 0.29) is 6.42 Å². The fourth-order valence-electron chi connectivity index (χ4n) is 0.626. The van der Waals surface area contributed by atoms with Crippen LogP contribution in [0.2, 0.25) is 0 Å². The molecule has 0 aromatic rings. The highest BCUT2D eigenvalue weighted by Crippen LogP contribution is 2.28. The first-order chi connectivity index (χ1) is 5.79. The first-order valence-electron chi connectivity index (χ1n) is 3.79. The summed E-state index contributed by atoms with van der Waals surface area (Å²) in [4.78, 5) is 0. The van der Waals surface area contributed by atoms with Gasteiger partial charge in [-0.2, -0.15) is 13.2 Å². The maximum atomic E-state index is 11.9. The summed E-state index contributed by atoms with van der Waals surface area (Å²) in [6, 6.07) is 0. The molecule has 0 N–H and O–H groups in total. The Balaban J connectivity index is 4.28. The zero-order valence-corrected chi connectivity index (χ0v) is 7.24. The third-order valence-electron chi connectivity index (χ3n) is 1.51. The first kappa shape index (κ1) is 12.6. The second kappa shape index (κ2) is 4.74. The Labute approximate surface area is 72.9 Å². The molecule has 0 aromatic heterocycles. The van der Waals surface area contributed by atoms with Crippen molar-refractivity contribution < 1.29 is 26.7 Å². The predicted molar refractivity (Wildman–Crippen MR) is 36.7 cm³/mol. The van der Waals surface area contributed by atoms with Crippen LogP contribution in [0.3, 0.4) is 0 Å². The van der Waals surface area contributed by atoms with Crippen molar-refractivity contribution in [3.05, 3.63) is 0 Å². The molecule has 80 valence electrons. The molecular formula is C7H11F5O. The minimum atomic E-state index is -5.00. The maximum absolute atomic E-state index is 11.9. The zero-order valence-electron chi connectivity index (χ0n) is 7.24. The van der Waals surface area contributed by atoms with Crippen molar-refractivity contribution in [1.82, 2.24) is 0 Å². The highest BCUT2D eigenvalue weighted by Gasteiger charge is 2.47. The number of hydrogen-bond donors (Lipinski definition) is 0. The van der Waals surface area contributed by atoms with Crippen LogP contribution < -0.4 is 0 Å². The molecule has 0 aliphatic heterocycles. The summed E-state index contributed by atoms with van der Waals surface area (Å²) < 4.78 is 63.4. The lowest BCUT2D eigenvalue weighted by Crippen LogP contribution is -2.40. The molecule has 0 heterocycles. The molecule has 0 aromatic carbocycles. The van der Waals surface area contributed by atoms with Crippen LogP contribution in [-0.2, 0) is 4.74 Å². The molecule has 0 aliphatic rings. The first-order valence-corrected chi connectivity index (χ1v) is 3.79. The average molecular weight is 206 g/mol. The van der Waals surface area contributed by atoms with Gasteiger partial charge in [-0.3, -0.25) is 0 Å². The van der Waals surface area contributed by atoms with Crippen LogP contribution in [0.4, 0.5) is 22.0 Å². The minimum absolute atomic E-state index is 0.263. The Morgan fingerprint density at radius 1 is 1.23 bits per heavy atom. The van der Waals surface area contributed by atoms with Crippen LogP contribution in [0, 0.1) is 0 Å². The largest absolute Gasteiger partial charge is 0.420 e. The Bertz CT molecular complexity index is 144. The summed E-state index contributed by atoms with van der Waals surface area (Å²) in [5.41, 5.74) is 0. The SMILES string of the molecule is CCC(C)OC(C(F)F)C(F)(F)F. The topological polar surface area (TPSA) is 9.23 Å². The number of halogens is 5. The third kappa shape index (κ3) is 4.40. The molecule has 13 heavy (non-hydrogen) atoms. The van der Waals surface area contributed by atoms with Crippen molar-refractivity contribution in [2.45, 2.75) is 45.1 Å². The van der Waals surface area contributed by atoms with Crippen LogP contribution in [0.25, 0.3) is 0 Å². The fraction of sp³-hybridized carbons (Fsp3) is 1.00. The van der Waals surface area contributed by atoms with Crippen molar-refractivity contribution in [2.24, 2.45) is 0 Å². The van der Waals surface area contributed by atoms with Gasteiger partial charge in [0.2, 0.25) is 6.10 Å². The molecular weight excluding hydrogens is 195 g/mol. The molecule has 6 heteroatoms. The average Bonchev–Trinajstić information content (AvgIpc) is 1.96. The van der Waals surface area contributed by atoms with E-state index in [1.807, 2.05) is 0 Å². The molecule has 0 aliphatic carbocycles. The monoisotopic (exact) mass is 206 g/mol. The van der Waals surface area contributed by atoms with E-state index in [0.717, 1.165) is 0 Å². The van der Waals surface area contributed by atoms with Crippen LogP contribution >= 0.6 is 0 Å². The van der Waals surface area contributed by atoms with Gasteiger partial charge in [0, 0.05) is 0 Å². The van der Waals surface area contributed by atoms with E-state index in [4.69, 9.17) is 0 Å².